The van der Waals surface area contributed by atoms with E-state index in [9.17, 15) is 4.79 Å². The quantitative estimate of drug-likeness (QED) is 0.690. The molecular weight excluding hydrogens is 340 g/mol. The van der Waals surface area contributed by atoms with Gasteiger partial charge in [0, 0.05) is 35.1 Å². The number of hydrogen-bond donors (Lipinski definition) is 0. The van der Waals surface area contributed by atoms with Crippen molar-refractivity contribution in [1.82, 2.24) is 4.98 Å². The highest BCUT2D eigenvalue weighted by Crippen LogP contribution is 2.32. The summed E-state index contributed by atoms with van der Waals surface area (Å²) in [5, 5.41) is 3.87. The first-order valence-corrected chi connectivity index (χ1v) is 8.94. The number of rotatable bonds is 3. The van der Waals surface area contributed by atoms with Gasteiger partial charge in [-0.25, -0.2) is 4.98 Å². The van der Waals surface area contributed by atoms with Crippen molar-refractivity contribution in [3.63, 3.8) is 0 Å². The summed E-state index contributed by atoms with van der Waals surface area (Å²) in [5.41, 5.74) is 5.25. The van der Waals surface area contributed by atoms with Gasteiger partial charge in [-0.1, -0.05) is 29.8 Å². The first kappa shape index (κ1) is 15.4. The Kier molecular flexibility index (Phi) is 3.87. The molecule has 0 atom stereocenters. The van der Waals surface area contributed by atoms with Crippen LogP contribution in [0.15, 0.2) is 47.8 Å². The Morgan fingerprint density at radius 1 is 1.25 bits per heavy atom. The predicted molar refractivity (Wildman–Crippen MR) is 98.9 cm³/mol. The molecule has 0 aliphatic carbocycles. The summed E-state index contributed by atoms with van der Waals surface area (Å²) in [7, 11) is 1.82. The molecule has 120 valence electrons. The third-order valence-corrected chi connectivity index (χ3v) is 5.33. The lowest BCUT2D eigenvalue weighted by atomic mass is 10.1. The van der Waals surface area contributed by atoms with Gasteiger partial charge in [0.2, 0.25) is 5.91 Å². The van der Waals surface area contributed by atoms with Crippen molar-refractivity contribution < 1.29 is 4.79 Å². The van der Waals surface area contributed by atoms with Gasteiger partial charge >= 0.3 is 0 Å². The Balaban J connectivity index is 1.59. The van der Waals surface area contributed by atoms with Gasteiger partial charge in [0.25, 0.3) is 0 Å². The maximum Gasteiger partial charge on any atom is 0.231 e. The molecule has 0 spiro atoms. The molecule has 0 radical (unpaired) electrons. The highest BCUT2D eigenvalue weighted by atomic mass is 35.5. The van der Waals surface area contributed by atoms with E-state index in [-0.39, 0.29) is 5.91 Å². The van der Waals surface area contributed by atoms with Crippen LogP contribution in [0.1, 0.15) is 16.1 Å². The zero-order valence-electron chi connectivity index (χ0n) is 13.1. The lowest BCUT2D eigenvalue weighted by Crippen LogP contribution is -2.20. The zero-order valence-corrected chi connectivity index (χ0v) is 14.7. The standard InChI is InChI=1S/C19H15ClN2OS/c1-22-17-6-5-13(9-14(17)10-19(22)23)16-11-24-18(21-16)8-12-3-2-4-15(20)7-12/h2-7,9,11H,8,10H2,1H3. The summed E-state index contributed by atoms with van der Waals surface area (Å²) in [6, 6.07) is 14.0. The molecule has 2 heterocycles. The topological polar surface area (TPSA) is 33.2 Å². The molecule has 0 N–H and O–H groups in total. The fourth-order valence-electron chi connectivity index (χ4n) is 2.98. The van der Waals surface area contributed by atoms with Crippen LogP contribution < -0.4 is 4.90 Å². The van der Waals surface area contributed by atoms with Crippen LogP contribution in [0, 0.1) is 0 Å². The molecule has 1 aromatic heterocycles. The summed E-state index contributed by atoms with van der Waals surface area (Å²) in [5.74, 6) is 0.141. The fraction of sp³-hybridized carbons (Fsp3) is 0.158. The molecule has 0 saturated heterocycles. The van der Waals surface area contributed by atoms with E-state index in [0.29, 0.717) is 6.42 Å². The lowest BCUT2D eigenvalue weighted by molar-refractivity contribution is -0.117. The van der Waals surface area contributed by atoms with Gasteiger partial charge in [0.05, 0.1) is 17.1 Å². The molecule has 0 unspecified atom stereocenters. The average molecular weight is 355 g/mol. The van der Waals surface area contributed by atoms with E-state index in [0.717, 1.165) is 44.5 Å². The van der Waals surface area contributed by atoms with Gasteiger partial charge in [0.1, 0.15) is 0 Å². The monoisotopic (exact) mass is 354 g/mol. The number of thiazole rings is 1. The van der Waals surface area contributed by atoms with E-state index >= 15 is 0 Å². The van der Waals surface area contributed by atoms with E-state index < -0.39 is 0 Å². The zero-order chi connectivity index (χ0) is 16.7. The minimum Gasteiger partial charge on any atom is -0.315 e. The predicted octanol–water partition coefficient (Wildman–Crippen LogP) is 4.57. The largest absolute Gasteiger partial charge is 0.315 e. The van der Waals surface area contributed by atoms with Gasteiger partial charge in [0.15, 0.2) is 0 Å². The molecule has 1 aliphatic rings. The van der Waals surface area contributed by atoms with E-state index in [1.165, 1.54) is 0 Å². The number of carbonyl (C=O) groups is 1. The number of benzene rings is 2. The van der Waals surface area contributed by atoms with Gasteiger partial charge in [-0.15, -0.1) is 11.3 Å². The number of fused-ring (bicyclic) bond motifs is 1. The molecule has 4 rings (SSSR count). The van der Waals surface area contributed by atoms with Crippen LogP contribution in [0.3, 0.4) is 0 Å². The summed E-state index contributed by atoms with van der Waals surface area (Å²) in [6.07, 6.45) is 1.25. The second-order valence-electron chi connectivity index (χ2n) is 5.91. The summed E-state index contributed by atoms with van der Waals surface area (Å²) in [4.78, 5) is 18.3. The van der Waals surface area contributed by atoms with Crippen LogP contribution in [0.4, 0.5) is 5.69 Å². The molecule has 3 aromatic rings. The summed E-state index contributed by atoms with van der Waals surface area (Å²) in [6.45, 7) is 0. The van der Waals surface area contributed by atoms with E-state index in [1.54, 1.807) is 16.2 Å². The molecule has 0 fully saturated rings. The number of aromatic nitrogens is 1. The molecule has 0 bridgehead atoms. The van der Waals surface area contributed by atoms with E-state index in [2.05, 4.69) is 17.5 Å². The smallest absolute Gasteiger partial charge is 0.231 e. The molecule has 3 nitrogen and oxygen atoms in total. The van der Waals surface area contributed by atoms with Crippen LogP contribution in [0.5, 0.6) is 0 Å². The molecule has 5 heteroatoms. The fourth-order valence-corrected chi connectivity index (χ4v) is 4.03. The molecular formula is C19H15ClN2OS. The van der Waals surface area contributed by atoms with E-state index in [4.69, 9.17) is 16.6 Å². The third-order valence-electron chi connectivity index (χ3n) is 4.25. The van der Waals surface area contributed by atoms with Gasteiger partial charge in [-0.05, 0) is 35.4 Å². The first-order valence-electron chi connectivity index (χ1n) is 7.69. The minimum atomic E-state index is 0.141. The Labute approximate surface area is 149 Å². The van der Waals surface area contributed by atoms with Crippen molar-refractivity contribution in [3.8, 4) is 11.3 Å². The van der Waals surface area contributed by atoms with Crippen molar-refractivity contribution in [3.05, 3.63) is 69.0 Å². The van der Waals surface area contributed by atoms with Crippen molar-refractivity contribution in [2.24, 2.45) is 0 Å². The Morgan fingerprint density at radius 3 is 2.96 bits per heavy atom. The molecule has 1 amide bonds. The minimum absolute atomic E-state index is 0.141. The van der Waals surface area contributed by atoms with Crippen LogP contribution >= 0.6 is 22.9 Å². The van der Waals surface area contributed by atoms with Crippen LogP contribution in [-0.2, 0) is 17.6 Å². The van der Waals surface area contributed by atoms with Crippen LogP contribution in [-0.4, -0.2) is 17.9 Å². The molecule has 1 aliphatic heterocycles. The van der Waals surface area contributed by atoms with Crippen LogP contribution in [0.25, 0.3) is 11.3 Å². The van der Waals surface area contributed by atoms with Crippen molar-refractivity contribution in [1.29, 1.82) is 0 Å². The third kappa shape index (κ3) is 2.83. The molecule has 24 heavy (non-hydrogen) atoms. The number of amides is 1. The molecule has 0 saturated carbocycles. The van der Waals surface area contributed by atoms with Crippen molar-refractivity contribution in [2.45, 2.75) is 12.8 Å². The number of hydrogen-bond acceptors (Lipinski definition) is 3. The molecule has 2 aromatic carbocycles. The summed E-state index contributed by atoms with van der Waals surface area (Å²) < 4.78 is 0. The normalized spacial score (nSPS) is 13.4. The van der Waals surface area contributed by atoms with Gasteiger partial charge < -0.3 is 4.90 Å². The highest BCUT2D eigenvalue weighted by Gasteiger charge is 2.24. The van der Waals surface area contributed by atoms with E-state index in [1.807, 2.05) is 37.4 Å². The van der Waals surface area contributed by atoms with Crippen molar-refractivity contribution in [2.75, 3.05) is 11.9 Å². The Bertz CT molecular complexity index is 935. The number of halogens is 1. The lowest BCUT2D eigenvalue weighted by Gasteiger charge is -2.09. The Hall–Kier alpha value is -2.17. The summed E-state index contributed by atoms with van der Waals surface area (Å²) >= 11 is 7.69. The van der Waals surface area contributed by atoms with Gasteiger partial charge in [-0.2, -0.15) is 0 Å². The second-order valence-corrected chi connectivity index (χ2v) is 7.29. The first-order chi connectivity index (χ1) is 11.6. The maximum absolute atomic E-state index is 11.8. The van der Waals surface area contributed by atoms with Crippen LogP contribution in [0.2, 0.25) is 5.02 Å². The number of anilines is 1. The highest BCUT2D eigenvalue weighted by molar-refractivity contribution is 7.10. The number of carbonyl (C=O) groups excluding carboxylic acids is 1. The van der Waals surface area contributed by atoms with Crippen molar-refractivity contribution >= 4 is 34.5 Å². The Morgan fingerprint density at radius 2 is 2.12 bits per heavy atom. The SMILES string of the molecule is CN1C(=O)Cc2cc(-c3csc(Cc4cccc(Cl)c4)n3)ccc21. The number of likely N-dealkylation sites (N-methyl/N-ethyl adjacent to an activating group) is 1. The second kappa shape index (κ2) is 6.04. The maximum atomic E-state index is 11.8. The van der Waals surface area contributed by atoms with Gasteiger partial charge in [-0.3, -0.25) is 4.79 Å². The average Bonchev–Trinajstić information content (AvgIpc) is 3.13. The number of nitrogens with zero attached hydrogens (tertiary/aromatic N) is 2.